The number of benzene rings is 1. The predicted molar refractivity (Wildman–Crippen MR) is 74.0 cm³/mol. The third-order valence-corrected chi connectivity index (χ3v) is 3.46. The molecule has 92 valence electrons. The molecular formula is C14H17BrO2. The Hall–Kier alpha value is -0.960. The summed E-state index contributed by atoms with van der Waals surface area (Å²) in [6.45, 7) is 5.67. The Labute approximate surface area is 111 Å². The molecule has 0 atom stereocenters. The third kappa shape index (κ3) is 3.03. The van der Waals surface area contributed by atoms with E-state index in [0.29, 0.717) is 19.1 Å². The third-order valence-electron chi connectivity index (χ3n) is 2.81. The van der Waals surface area contributed by atoms with Crippen LogP contribution < -0.4 is 9.47 Å². The minimum absolute atomic E-state index is 0.544. The van der Waals surface area contributed by atoms with Crippen LogP contribution in [0.25, 0.3) is 6.08 Å². The van der Waals surface area contributed by atoms with E-state index in [1.54, 1.807) is 0 Å². The summed E-state index contributed by atoms with van der Waals surface area (Å²) in [7, 11) is 0. The summed E-state index contributed by atoms with van der Waals surface area (Å²) in [5.74, 6) is 2.24. The van der Waals surface area contributed by atoms with Gasteiger partial charge in [-0.05, 0) is 23.6 Å². The number of fused-ring (bicyclic) bond motifs is 1. The standard InChI is InChI=1S/C14H17BrO2/c1-10(2)12(9-15)7-11-3-4-13-14(8-11)17-6-5-16-13/h3-4,7-8,10H,5-6,9H2,1-2H3. The maximum atomic E-state index is 5.57. The molecule has 17 heavy (non-hydrogen) atoms. The molecule has 1 aliphatic heterocycles. The van der Waals surface area contributed by atoms with Crippen LogP contribution >= 0.6 is 15.9 Å². The quantitative estimate of drug-likeness (QED) is 0.788. The summed E-state index contributed by atoms with van der Waals surface area (Å²) in [4.78, 5) is 0. The molecule has 1 heterocycles. The topological polar surface area (TPSA) is 18.5 Å². The molecule has 0 aliphatic carbocycles. The smallest absolute Gasteiger partial charge is 0.161 e. The molecule has 1 aromatic carbocycles. The van der Waals surface area contributed by atoms with Crippen molar-refractivity contribution in [3.8, 4) is 11.5 Å². The van der Waals surface area contributed by atoms with Crippen molar-refractivity contribution in [2.75, 3.05) is 18.5 Å². The van der Waals surface area contributed by atoms with Crippen LogP contribution in [0.4, 0.5) is 0 Å². The molecule has 2 rings (SSSR count). The van der Waals surface area contributed by atoms with E-state index in [4.69, 9.17) is 9.47 Å². The highest BCUT2D eigenvalue weighted by Crippen LogP contribution is 2.31. The lowest BCUT2D eigenvalue weighted by molar-refractivity contribution is 0.171. The fourth-order valence-electron chi connectivity index (χ4n) is 1.72. The van der Waals surface area contributed by atoms with Gasteiger partial charge in [-0.1, -0.05) is 47.5 Å². The number of rotatable bonds is 3. The number of hydrogen-bond donors (Lipinski definition) is 0. The average Bonchev–Trinajstić information content (AvgIpc) is 2.35. The lowest BCUT2D eigenvalue weighted by Crippen LogP contribution is -2.15. The lowest BCUT2D eigenvalue weighted by Gasteiger charge is -2.18. The minimum atomic E-state index is 0.544. The second-order valence-electron chi connectivity index (χ2n) is 4.41. The first kappa shape index (κ1) is 12.5. The van der Waals surface area contributed by atoms with Crippen LogP contribution in [-0.4, -0.2) is 18.5 Å². The van der Waals surface area contributed by atoms with Crippen molar-refractivity contribution in [2.24, 2.45) is 5.92 Å². The van der Waals surface area contributed by atoms with Gasteiger partial charge in [-0.15, -0.1) is 0 Å². The second kappa shape index (κ2) is 5.58. The zero-order valence-electron chi connectivity index (χ0n) is 10.2. The first-order chi connectivity index (χ1) is 8.20. The lowest BCUT2D eigenvalue weighted by atomic mass is 10.0. The van der Waals surface area contributed by atoms with Gasteiger partial charge >= 0.3 is 0 Å². The Morgan fingerprint density at radius 3 is 2.65 bits per heavy atom. The summed E-state index contributed by atoms with van der Waals surface area (Å²) < 4.78 is 11.1. The molecule has 3 heteroatoms. The van der Waals surface area contributed by atoms with E-state index in [1.807, 2.05) is 12.1 Å². The van der Waals surface area contributed by atoms with E-state index in [0.717, 1.165) is 22.4 Å². The summed E-state index contributed by atoms with van der Waals surface area (Å²) >= 11 is 3.52. The average molecular weight is 297 g/mol. The first-order valence-corrected chi connectivity index (χ1v) is 6.99. The van der Waals surface area contributed by atoms with Gasteiger partial charge in [-0.25, -0.2) is 0 Å². The Morgan fingerprint density at radius 1 is 1.29 bits per heavy atom. The number of ether oxygens (including phenoxy) is 2. The van der Waals surface area contributed by atoms with Crippen molar-refractivity contribution in [1.29, 1.82) is 0 Å². The normalized spacial score (nSPS) is 15.2. The van der Waals surface area contributed by atoms with E-state index in [1.165, 1.54) is 5.57 Å². The molecule has 0 N–H and O–H groups in total. The molecule has 0 saturated carbocycles. The predicted octanol–water partition coefficient (Wildman–Crippen LogP) is 3.89. The van der Waals surface area contributed by atoms with Crippen molar-refractivity contribution in [2.45, 2.75) is 13.8 Å². The van der Waals surface area contributed by atoms with E-state index in [-0.39, 0.29) is 0 Å². The van der Waals surface area contributed by atoms with E-state index >= 15 is 0 Å². The van der Waals surface area contributed by atoms with Crippen LogP contribution in [0.15, 0.2) is 23.8 Å². The van der Waals surface area contributed by atoms with Crippen molar-refractivity contribution in [3.63, 3.8) is 0 Å². The zero-order chi connectivity index (χ0) is 12.3. The maximum Gasteiger partial charge on any atom is 0.161 e. The molecule has 0 aromatic heterocycles. The van der Waals surface area contributed by atoms with Gasteiger partial charge in [-0.2, -0.15) is 0 Å². The van der Waals surface area contributed by atoms with Gasteiger partial charge in [0.1, 0.15) is 13.2 Å². The molecular weight excluding hydrogens is 280 g/mol. The van der Waals surface area contributed by atoms with Crippen molar-refractivity contribution >= 4 is 22.0 Å². The molecule has 0 unspecified atom stereocenters. The molecule has 1 aromatic rings. The Bertz CT molecular complexity index is 424. The summed E-state index contributed by atoms with van der Waals surface area (Å²) in [5, 5.41) is 0.902. The second-order valence-corrected chi connectivity index (χ2v) is 4.97. The minimum Gasteiger partial charge on any atom is -0.486 e. The number of alkyl halides is 1. The summed E-state index contributed by atoms with van der Waals surface area (Å²) in [6, 6.07) is 6.09. The van der Waals surface area contributed by atoms with E-state index in [2.05, 4.69) is 41.9 Å². The number of allylic oxidation sites excluding steroid dienone is 1. The summed E-state index contributed by atoms with van der Waals surface area (Å²) in [6.07, 6.45) is 2.21. The Morgan fingerprint density at radius 2 is 2.00 bits per heavy atom. The highest BCUT2D eigenvalue weighted by Gasteiger charge is 2.11. The van der Waals surface area contributed by atoms with Gasteiger partial charge in [0, 0.05) is 5.33 Å². The van der Waals surface area contributed by atoms with Crippen LogP contribution in [0.5, 0.6) is 11.5 Å². The SMILES string of the molecule is CC(C)C(=Cc1ccc2c(c1)OCCO2)CBr. The van der Waals surface area contributed by atoms with E-state index < -0.39 is 0 Å². The largest absolute Gasteiger partial charge is 0.486 e. The molecule has 0 amide bonds. The van der Waals surface area contributed by atoms with Gasteiger partial charge in [0.15, 0.2) is 11.5 Å². The van der Waals surface area contributed by atoms with Gasteiger partial charge in [-0.3, -0.25) is 0 Å². The van der Waals surface area contributed by atoms with E-state index in [9.17, 15) is 0 Å². The first-order valence-electron chi connectivity index (χ1n) is 5.87. The molecule has 0 saturated heterocycles. The number of halogens is 1. The van der Waals surface area contributed by atoms with Crippen LogP contribution in [0.1, 0.15) is 19.4 Å². The van der Waals surface area contributed by atoms with Gasteiger partial charge in [0.2, 0.25) is 0 Å². The fraction of sp³-hybridized carbons (Fsp3) is 0.429. The molecule has 1 aliphatic rings. The molecule has 0 radical (unpaired) electrons. The fourth-order valence-corrected chi connectivity index (χ4v) is 2.53. The molecule has 0 spiro atoms. The Kier molecular flexibility index (Phi) is 4.11. The summed E-state index contributed by atoms with van der Waals surface area (Å²) in [5.41, 5.74) is 2.54. The zero-order valence-corrected chi connectivity index (χ0v) is 11.8. The Balaban J connectivity index is 2.27. The van der Waals surface area contributed by atoms with Crippen LogP contribution in [0.3, 0.4) is 0 Å². The van der Waals surface area contributed by atoms with Crippen molar-refractivity contribution < 1.29 is 9.47 Å². The van der Waals surface area contributed by atoms with Gasteiger partial charge in [0.05, 0.1) is 0 Å². The van der Waals surface area contributed by atoms with Crippen LogP contribution in [-0.2, 0) is 0 Å². The maximum absolute atomic E-state index is 5.57. The van der Waals surface area contributed by atoms with Crippen molar-refractivity contribution in [3.05, 3.63) is 29.3 Å². The number of hydrogen-bond acceptors (Lipinski definition) is 2. The highest BCUT2D eigenvalue weighted by molar-refractivity contribution is 9.09. The van der Waals surface area contributed by atoms with Crippen molar-refractivity contribution in [1.82, 2.24) is 0 Å². The molecule has 0 bridgehead atoms. The van der Waals surface area contributed by atoms with Crippen LogP contribution in [0.2, 0.25) is 0 Å². The highest BCUT2D eigenvalue weighted by atomic mass is 79.9. The van der Waals surface area contributed by atoms with Gasteiger partial charge < -0.3 is 9.47 Å². The molecule has 0 fully saturated rings. The van der Waals surface area contributed by atoms with Crippen LogP contribution in [0, 0.1) is 5.92 Å². The molecule has 2 nitrogen and oxygen atoms in total. The monoisotopic (exact) mass is 296 g/mol. The van der Waals surface area contributed by atoms with Gasteiger partial charge in [0.25, 0.3) is 0 Å².